The second-order valence-corrected chi connectivity index (χ2v) is 4.42. The first-order valence-electron chi connectivity index (χ1n) is 6.31. The van der Waals surface area contributed by atoms with E-state index in [2.05, 4.69) is 5.32 Å². The van der Waals surface area contributed by atoms with E-state index < -0.39 is 11.8 Å². The predicted molar refractivity (Wildman–Crippen MR) is 79.4 cm³/mol. The number of rotatable bonds is 3. The molecule has 112 valence electrons. The van der Waals surface area contributed by atoms with E-state index in [0.29, 0.717) is 5.56 Å². The van der Waals surface area contributed by atoms with Crippen molar-refractivity contribution in [3.63, 3.8) is 0 Å². The largest absolute Gasteiger partial charge is 0.507 e. The van der Waals surface area contributed by atoms with Gasteiger partial charge in [-0.15, -0.1) is 0 Å². The summed E-state index contributed by atoms with van der Waals surface area (Å²) in [6.07, 6.45) is 2.47. The van der Waals surface area contributed by atoms with Gasteiger partial charge in [0.15, 0.2) is 11.5 Å². The van der Waals surface area contributed by atoms with Gasteiger partial charge in [-0.25, -0.2) is 0 Å². The van der Waals surface area contributed by atoms with Gasteiger partial charge >= 0.3 is 0 Å². The second kappa shape index (κ2) is 6.45. The first-order valence-corrected chi connectivity index (χ1v) is 6.31. The van der Waals surface area contributed by atoms with Gasteiger partial charge < -0.3 is 15.3 Å². The molecule has 0 bridgehead atoms. The molecule has 4 N–H and O–H groups in total. The van der Waals surface area contributed by atoms with Crippen LogP contribution in [0.15, 0.2) is 48.5 Å². The van der Waals surface area contributed by atoms with Gasteiger partial charge in [-0.3, -0.25) is 14.9 Å². The molecule has 2 aromatic carbocycles. The number of imide groups is 1. The standard InChI is InChI=1S/C16H13NO5/c18-12-4-2-1-3-11(12)16(22)17-15(21)8-6-10-5-7-13(19)14(20)9-10/h1-9,18-20H,(H,17,21,22). The Kier molecular flexibility index (Phi) is 4.43. The summed E-state index contributed by atoms with van der Waals surface area (Å²) in [7, 11) is 0. The van der Waals surface area contributed by atoms with Crippen molar-refractivity contribution in [3.8, 4) is 17.2 Å². The molecule has 0 aliphatic heterocycles. The summed E-state index contributed by atoms with van der Waals surface area (Å²) in [5, 5.41) is 30.1. The number of amides is 2. The van der Waals surface area contributed by atoms with Crippen LogP contribution in [0.2, 0.25) is 0 Å². The Bertz CT molecular complexity index is 752. The summed E-state index contributed by atoms with van der Waals surface area (Å²) in [4.78, 5) is 23.4. The maximum absolute atomic E-state index is 11.8. The highest BCUT2D eigenvalue weighted by atomic mass is 16.3. The number of carbonyl (C=O) groups excluding carboxylic acids is 2. The van der Waals surface area contributed by atoms with Crippen molar-refractivity contribution in [2.24, 2.45) is 0 Å². The number of phenols is 3. The minimum atomic E-state index is -0.721. The number of benzene rings is 2. The number of para-hydroxylation sites is 1. The SMILES string of the molecule is O=C(C=Cc1ccc(O)c(O)c1)NC(=O)c1ccccc1O. The number of phenolic OH excluding ortho intramolecular Hbond substituents is 3. The van der Waals surface area contributed by atoms with Crippen molar-refractivity contribution >= 4 is 17.9 Å². The third kappa shape index (κ3) is 3.63. The van der Waals surface area contributed by atoms with Crippen LogP contribution in [0, 0.1) is 0 Å². The smallest absolute Gasteiger partial charge is 0.261 e. The monoisotopic (exact) mass is 299 g/mol. The van der Waals surface area contributed by atoms with Crippen LogP contribution in [-0.4, -0.2) is 27.1 Å². The number of hydrogen-bond donors (Lipinski definition) is 4. The van der Waals surface area contributed by atoms with Crippen molar-refractivity contribution < 1.29 is 24.9 Å². The highest BCUT2D eigenvalue weighted by Gasteiger charge is 2.11. The Morgan fingerprint density at radius 1 is 0.909 bits per heavy atom. The van der Waals surface area contributed by atoms with E-state index in [1.54, 1.807) is 12.1 Å². The van der Waals surface area contributed by atoms with Gasteiger partial charge in [-0.2, -0.15) is 0 Å². The fourth-order valence-electron chi connectivity index (χ4n) is 1.70. The quantitative estimate of drug-likeness (QED) is 0.510. The molecule has 0 saturated heterocycles. The van der Waals surface area contributed by atoms with Crippen LogP contribution in [0.1, 0.15) is 15.9 Å². The van der Waals surface area contributed by atoms with E-state index in [9.17, 15) is 24.9 Å². The van der Waals surface area contributed by atoms with Crippen molar-refractivity contribution in [3.05, 3.63) is 59.7 Å². The van der Waals surface area contributed by atoms with Crippen LogP contribution < -0.4 is 5.32 Å². The van der Waals surface area contributed by atoms with E-state index in [0.717, 1.165) is 6.08 Å². The third-order valence-electron chi connectivity index (χ3n) is 2.81. The maximum atomic E-state index is 11.8. The van der Waals surface area contributed by atoms with Crippen LogP contribution >= 0.6 is 0 Å². The van der Waals surface area contributed by atoms with E-state index >= 15 is 0 Å². The fraction of sp³-hybridized carbons (Fsp3) is 0. The molecule has 0 fully saturated rings. The Hall–Kier alpha value is -3.28. The molecule has 0 radical (unpaired) electrons. The molecule has 6 nitrogen and oxygen atoms in total. The highest BCUT2D eigenvalue weighted by Crippen LogP contribution is 2.25. The first kappa shape index (κ1) is 15.1. The molecule has 22 heavy (non-hydrogen) atoms. The summed E-state index contributed by atoms with van der Waals surface area (Å²) in [6.45, 7) is 0. The molecule has 2 amide bonds. The Morgan fingerprint density at radius 2 is 1.64 bits per heavy atom. The molecule has 0 unspecified atom stereocenters. The lowest BCUT2D eigenvalue weighted by atomic mass is 10.1. The Morgan fingerprint density at radius 3 is 2.32 bits per heavy atom. The Balaban J connectivity index is 2.03. The number of nitrogens with one attached hydrogen (secondary N) is 1. The molecular formula is C16H13NO5. The van der Waals surface area contributed by atoms with Gasteiger partial charge in [0.1, 0.15) is 5.75 Å². The van der Waals surface area contributed by atoms with Crippen molar-refractivity contribution in [2.45, 2.75) is 0 Å². The van der Waals surface area contributed by atoms with Crippen molar-refractivity contribution in [2.75, 3.05) is 0 Å². The van der Waals surface area contributed by atoms with E-state index in [-0.39, 0.29) is 22.8 Å². The van der Waals surface area contributed by atoms with Gasteiger partial charge in [0.05, 0.1) is 5.56 Å². The van der Waals surface area contributed by atoms with Gasteiger partial charge in [-0.05, 0) is 35.9 Å². The molecule has 0 spiro atoms. The average molecular weight is 299 g/mol. The van der Waals surface area contributed by atoms with Crippen LogP contribution in [0.5, 0.6) is 17.2 Å². The highest BCUT2D eigenvalue weighted by molar-refractivity contribution is 6.10. The zero-order chi connectivity index (χ0) is 16.1. The molecule has 0 saturated carbocycles. The molecule has 2 aromatic rings. The maximum Gasteiger partial charge on any atom is 0.261 e. The molecule has 0 atom stereocenters. The number of carbonyl (C=O) groups is 2. The molecular weight excluding hydrogens is 286 g/mol. The van der Waals surface area contributed by atoms with Crippen LogP contribution in [0.3, 0.4) is 0 Å². The molecule has 6 heteroatoms. The predicted octanol–water partition coefficient (Wildman–Crippen LogP) is 1.77. The zero-order valence-corrected chi connectivity index (χ0v) is 11.4. The molecule has 0 aromatic heterocycles. The average Bonchev–Trinajstić information content (AvgIpc) is 2.49. The topological polar surface area (TPSA) is 107 Å². The van der Waals surface area contributed by atoms with Gasteiger partial charge in [0, 0.05) is 6.08 Å². The van der Waals surface area contributed by atoms with Crippen LogP contribution in [0.4, 0.5) is 0 Å². The number of aromatic hydroxyl groups is 3. The Labute approximate surface area is 126 Å². The zero-order valence-electron chi connectivity index (χ0n) is 11.4. The summed E-state index contributed by atoms with van der Waals surface area (Å²) in [5.74, 6) is -2.20. The van der Waals surface area contributed by atoms with E-state index in [4.69, 9.17) is 0 Å². The minimum absolute atomic E-state index is 0.00784. The van der Waals surface area contributed by atoms with Gasteiger partial charge in [0.25, 0.3) is 11.8 Å². The van der Waals surface area contributed by atoms with Crippen molar-refractivity contribution in [1.82, 2.24) is 5.32 Å². The summed E-state index contributed by atoms with van der Waals surface area (Å²) < 4.78 is 0. The number of hydrogen-bond acceptors (Lipinski definition) is 5. The van der Waals surface area contributed by atoms with E-state index in [1.165, 1.54) is 36.4 Å². The van der Waals surface area contributed by atoms with Crippen LogP contribution in [0.25, 0.3) is 6.08 Å². The van der Waals surface area contributed by atoms with Gasteiger partial charge in [-0.1, -0.05) is 18.2 Å². The lowest BCUT2D eigenvalue weighted by molar-refractivity contribution is -0.115. The summed E-state index contributed by atoms with van der Waals surface area (Å²) in [6, 6.07) is 9.89. The summed E-state index contributed by atoms with van der Waals surface area (Å²) in [5.41, 5.74) is 0.465. The third-order valence-corrected chi connectivity index (χ3v) is 2.81. The molecule has 0 aliphatic rings. The molecule has 0 heterocycles. The normalized spacial score (nSPS) is 10.5. The lowest BCUT2D eigenvalue weighted by Crippen LogP contribution is -2.28. The van der Waals surface area contributed by atoms with Gasteiger partial charge in [0.2, 0.25) is 0 Å². The van der Waals surface area contributed by atoms with E-state index in [1.807, 2.05) is 0 Å². The summed E-state index contributed by atoms with van der Waals surface area (Å²) >= 11 is 0. The molecule has 2 rings (SSSR count). The first-order chi connectivity index (χ1) is 10.5. The lowest BCUT2D eigenvalue weighted by Gasteiger charge is -2.03. The molecule has 0 aliphatic carbocycles. The second-order valence-electron chi connectivity index (χ2n) is 4.42. The minimum Gasteiger partial charge on any atom is -0.507 e. The van der Waals surface area contributed by atoms with Crippen LogP contribution in [-0.2, 0) is 4.79 Å². The van der Waals surface area contributed by atoms with Crippen molar-refractivity contribution in [1.29, 1.82) is 0 Å². The fourth-order valence-corrected chi connectivity index (χ4v) is 1.70.